The predicted molar refractivity (Wildman–Crippen MR) is 84.7 cm³/mol. The number of hydrogen-bond acceptors (Lipinski definition) is 2. The highest BCUT2D eigenvalue weighted by Gasteiger charge is 2.18. The van der Waals surface area contributed by atoms with Crippen molar-refractivity contribution in [2.24, 2.45) is 5.73 Å². The van der Waals surface area contributed by atoms with Crippen LogP contribution in [0.5, 0.6) is 5.75 Å². The van der Waals surface area contributed by atoms with Crippen LogP contribution in [0.1, 0.15) is 33.9 Å². The lowest BCUT2D eigenvalue weighted by atomic mass is 9.91. The van der Waals surface area contributed by atoms with Gasteiger partial charge in [0.25, 0.3) is 0 Å². The van der Waals surface area contributed by atoms with Crippen LogP contribution in [-0.4, -0.2) is 7.11 Å². The smallest absolute Gasteiger partial charge is 0.124 e. The summed E-state index contributed by atoms with van der Waals surface area (Å²) in [6, 6.07) is 9.73. The molecule has 0 heterocycles. The second-order valence-corrected chi connectivity index (χ2v) is 5.61. The molecule has 2 nitrogen and oxygen atoms in total. The van der Waals surface area contributed by atoms with Crippen molar-refractivity contribution in [3.8, 4) is 5.75 Å². The Morgan fingerprint density at radius 3 is 2.35 bits per heavy atom. The van der Waals surface area contributed by atoms with E-state index in [1.54, 1.807) is 7.11 Å². The predicted octanol–water partition coefficient (Wildman–Crippen LogP) is 4.32. The van der Waals surface area contributed by atoms with E-state index in [9.17, 15) is 0 Å². The van der Waals surface area contributed by atoms with E-state index < -0.39 is 0 Å². The second-order valence-electron chi connectivity index (χ2n) is 5.18. The first-order chi connectivity index (χ1) is 9.43. The molecule has 1 unspecified atom stereocenters. The van der Waals surface area contributed by atoms with E-state index in [1.807, 2.05) is 31.2 Å². The summed E-state index contributed by atoms with van der Waals surface area (Å²) in [5.41, 5.74) is 12.0. The third kappa shape index (κ3) is 2.82. The molecule has 0 aliphatic rings. The van der Waals surface area contributed by atoms with E-state index >= 15 is 0 Å². The fraction of sp³-hybridized carbons (Fsp3) is 0.294. The molecule has 0 aliphatic carbocycles. The SMILES string of the molecule is COc1cc(C)cc(C)c1C(N)c1ccc(Cl)cc1C. The molecule has 0 amide bonds. The number of aryl methyl sites for hydroxylation is 3. The number of ether oxygens (including phenoxy) is 1. The number of methoxy groups -OCH3 is 1. The van der Waals surface area contributed by atoms with Crippen molar-refractivity contribution in [3.05, 3.63) is 63.2 Å². The van der Waals surface area contributed by atoms with Gasteiger partial charge in [-0.1, -0.05) is 23.7 Å². The van der Waals surface area contributed by atoms with Crippen LogP contribution in [0.2, 0.25) is 5.02 Å². The molecule has 0 saturated carbocycles. The Hall–Kier alpha value is -1.51. The molecule has 20 heavy (non-hydrogen) atoms. The molecule has 0 aliphatic heterocycles. The number of halogens is 1. The Balaban J connectivity index is 2.55. The van der Waals surface area contributed by atoms with Gasteiger partial charge in [-0.25, -0.2) is 0 Å². The lowest BCUT2D eigenvalue weighted by Gasteiger charge is -2.21. The molecule has 0 bridgehead atoms. The number of nitrogens with two attached hydrogens (primary N) is 1. The summed E-state index contributed by atoms with van der Waals surface area (Å²) in [4.78, 5) is 0. The molecular formula is C17H20ClNO. The van der Waals surface area contributed by atoms with Gasteiger partial charge in [0.2, 0.25) is 0 Å². The second kappa shape index (κ2) is 5.86. The molecule has 3 heteroatoms. The summed E-state index contributed by atoms with van der Waals surface area (Å²) >= 11 is 6.01. The molecule has 2 aromatic rings. The van der Waals surface area contributed by atoms with Gasteiger partial charge >= 0.3 is 0 Å². The monoisotopic (exact) mass is 289 g/mol. The summed E-state index contributed by atoms with van der Waals surface area (Å²) in [7, 11) is 1.68. The van der Waals surface area contributed by atoms with Crippen molar-refractivity contribution in [2.75, 3.05) is 7.11 Å². The lowest BCUT2D eigenvalue weighted by molar-refractivity contribution is 0.407. The first-order valence-electron chi connectivity index (χ1n) is 6.60. The van der Waals surface area contributed by atoms with Crippen molar-refractivity contribution in [1.29, 1.82) is 0 Å². The van der Waals surface area contributed by atoms with Gasteiger partial charge in [0.1, 0.15) is 5.75 Å². The maximum atomic E-state index is 6.47. The van der Waals surface area contributed by atoms with Gasteiger partial charge in [-0.2, -0.15) is 0 Å². The van der Waals surface area contributed by atoms with Crippen molar-refractivity contribution < 1.29 is 4.74 Å². The van der Waals surface area contributed by atoms with Crippen LogP contribution >= 0.6 is 11.6 Å². The van der Waals surface area contributed by atoms with Crippen LogP contribution in [0.3, 0.4) is 0 Å². The average Bonchev–Trinajstić information content (AvgIpc) is 2.37. The highest BCUT2D eigenvalue weighted by Crippen LogP contribution is 2.34. The number of rotatable bonds is 3. The van der Waals surface area contributed by atoms with Crippen LogP contribution < -0.4 is 10.5 Å². The highest BCUT2D eigenvalue weighted by atomic mass is 35.5. The highest BCUT2D eigenvalue weighted by molar-refractivity contribution is 6.30. The third-order valence-electron chi connectivity index (χ3n) is 3.59. The van der Waals surface area contributed by atoms with Crippen LogP contribution in [0, 0.1) is 20.8 Å². The van der Waals surface area contributed by atoms with Gasteiger partial charge in [0.15, 0.2) is 0 Å². The van der Waals surface area contributed by atoms with Crippen molar-refractivity contribution in [3.63, 3.8) is 0 Å². The fourth-order valence-corrected chi connectivity index (χ4v) is 2.88. The van der Waals surface area contributed by atoms with Gasteiger partial charge in [0.05, 0.1) is 13.2 Å². The fourth-order valence-electron chi connectivity index (χ4n) is 2.65. The zero-order valence-electron chi connectivity index (χ0n) is 12.3. The minimum Gasteiger partial charge on any atom is -0.496 e. The molecule has 0 fully saturated rings. The van der Waals surface area contributed by atoms with E-state index in [1.165, 1.54) is 5.56 Å². The maximum Gasteiger partial charge on any atom is 0.124 e. The lowest BCUT2D eigenvalue weighted by Crippen LogP contribution is -2.16. The molecule has 2 N–H and O–H groups in total. The van der Waals surface area contributed by atoms with E-state index in [-0.39, 0.29) is 6.04 Å². The summed E-state index contributed by atoms with van der Waals surface area (Å²) in [5, 5.41) is 0.728. The molecule has 0 spiro atoms. The molecular weight excluding hydrogens is 270 g/mol. The Morgan fingerprint density at radius 2 is 1.75 bits per heavy atom. The molecule has 2 rings (SSSR count). The maximum absolute atomic E-state index is 6.47. The Bertz CT molecular complexity index is 637. The van der Waals surface area contributed by atoms with Crippen molar-refractivity contribution >= 4 is 11.6 Å². The quantitative estimate of drug-likeness (QED) is 0.913. The zero-order valence-corrected chi connectivity index (χ0v) is 13.1. The average molecular weight is 290 g/mol. The summed E-state index contributed by atoms with van der Waals surface area (Å²) in [6.07, 6.45) is 0. The van der Waals surface area contributed by atoms with Gasteiger partial charge in [-0.3, -0.25) is 0 Å². The Labute approximate surface area is 125 Å². The zero-order chi connectivity index (χ0) is 14.9. The molecule has 0 aromatic heterocycles. The van der Waals surface area contributed by atoms with Crippen LogP contribution in [0.4, 0.5) is 0 Å². The molecule has 2 aromatic carbocycles. The van der Waals surface area contributed by atoms with Crippen LogP contribution in [0.15, 0.2) is 30.3 Å². The number of hydrogen-bond donors (Lipinski definition) is 1. The van der Waals surface area contributed by atoms with Crippen LogP contribution in [0.25, 0.3) is 0 Å². The van der Waals surface area contributed by atoms with Gasteiger partial charge in [-0.05, 0) is 61.2 Å². The van der Waals surface area contributed by atoms with E-state index in [2.05, 4.69) is 19.9 Å². The van der Waals surface area contributed by atoms with Crippen molar-refractivity contribution in [1.82, 2.24) is 0 Å². The molecule has 1 atom stereocenters. The topological polar surface area (TPSA) is 35.2 Å². The third-order valence-corrected chi connectivity index (χ3v) is 3.83. The number of benzene rings is 2. The molecule has 0 saturated heterocycles. The van der Waals surface area contributed by atoms with E-state index in [4.69, 9.17) is 22.1 Å². The van der Waals surface area contributed by atoms with E-state index in [0.29, 0.717) is 0 Å². The van der Waals surface area contributed by atoms with Gasteiger partial charge < -0.3 is 10.5 Å². The minimum atomic E-state index is -0.220. The van der Waals surface area contributed by atoms with Gasteiger partial charge in [-0.15, -0.1) is 0 Å². The summed E-state index contributed by atoms with van der Waals surface area (Å²) < 4.78 is 5.51. The Kier molecular flexibility index (Phi) is 4.36. The summed E-state index contributed by atoms with van der Waals surface area (Å²) in [5.74, 6) is 0.837. The van der Waals surface area contributed by atoms with Crippen LogP contribution in [-0.2, 0) is 0 Å². The standard InChI is InChI=1S/C17H20ClNO/c1-10-7-12(3)16(15(8-10)20-4)17(19)14-6-5-13(18)9-11(14)2/h5-9,17H,19H2,1-4H3. The minimum absolute atomic E-state index is 0.220. The Morgan fingerprint density at radius 1 is 1.05 bits per heavy atom. The summed E-state index contributed by atoms with van der Waals surface area (Å²) in [6.45, 7) is 6.14. The largest absolute Gasteiger partial charge is 0.496 e. The normalized spacial score (nSPS) is 12.3. The first-order valence-corrected chi connectivity index (χ1v) is 6.98. The molecule has 106 valence electrons. The van der Waals surface area contributed by atoms with Gasteiger partial charge in [0, 0.05) is 10.6 Å². The molecule has 0 radical (unpaired) electrons. The van der Waals surface area contributed by atoms with E-state index in [0.717, 1.165) is 33.0 Å². The first kappa shape index (κ1) is 14.9. The van der Waals surface area contributed by atoms with Crippen molar-refractivity contribution in [2.45, 2.75) is 26.8 Å².